The topological polar surface area (TPSA) is 64.6 Å². The van der Waals surface area contributed by atoms with Crippen molar-refractivity contribution in [1.29, 1.82) is 0 Å². The van der Waals surface area contributed by atoms with Crippen LogP contribution in [0, 0.1) is 6.92 Å². The molecule has 0 saturated heterocycles. The van der Waals surface area contributed by atoms with Crippen molar-refractivity contribution in [2.24, 2.45) is 0 Å². The van der Waals surface area contributed by atoms with Crippen LogP contribution in [0.25, 0.3) is 0 Å². The van der Waals surface area contributed by atoms with Crippen LogP contribution in [0.3, 0.4) is 0 Å². The molecule has 0 fully saturated rings. The lowest BCUT2D eigenvalue weighted by atomic mass is 10.2. The molecule has 0 unspecified atom stereocenters. The number of halogens is 1. The molecule has 0 bridgehead atoms. The maximum absolute atomic E-state index is 12.0. The van der Waals surface area contributed by atoms with Crippen molar-refractivity contribution >= 4 is 33.5 Å². The molecule has 6 heteroatoms. The molecule has 2 rings (SSSR count). The van der Waals surface area contributed by atoms with E-state index in [9.17, 15) is 9.59 Å². The number of aryl methyl sites for hydroxylation is 1. The predicted octanol–water partition coefficient (Wildman–Crippen LogP) is 3.95. The molecule has 0 spiro atoms. The van der Waals surface area contributed by atoms with Crippen LogP contribution in [0.15, 0.2) is 46.9 Å². The fourth-order valence-corrected chi connectivity index (χ4v) is 2.24. The Balaban J connectivity index is 1.93. The fraction of sp³-hybridized carbons (Fsp3) is 0.222. The lowest BCUT2D eigenvalue weighted by Crippen LogP contribution is -2.20. The third kappa shape index (κ3) is 5.09. The first kappa shape index (κ1) is 18.0. The highest BCUT2D eigenvalue weighted by Gasteiger charge is 2.09. The average Bonchev–Trinajstić information content (AvgIpc) is 2.56. The average molecular weight is 392 g/mol. The zero-order valence-corrected chi connectivity index (χ0v) is 15.1. The summed E-state index contributed by atoms with van der Waals surface area (Å²) < 4.78 is 11.4. The number of ether oxygens (including phenoxy) is 2. The van der Waals surface area contributed by atoms with E-state index in [-0.39, 0.29) is 12.5 Å². The lowest BCUT2D eigenvalue weighted by molar-refractivity contribution is -0.118. The van der Waals surface area contributed by atoms with Crippen molar-refractivity contribution in [2.45, 2.75) is 13.8 Å². The van der Waals surface area contributed by atoms with Gasteiger partial charge in [-0.1, -0.05) is 22.0 Å². The zero-order chi connectivity index (χ0) is 17.5. The summed E-state index contributed by atoms with van der Waals surface area (Å²) in [6, 6.07) is 12.1. The van der Waals surface area contributed by atoms with Crippen molar-refractivity contribution in [3.05, 3.63) is 58.1 Å². The van der Waals surface area contributed by atoms with Crippen molar-refractivity contribution in [3.63, 3.8) is 0 Å². The Morgan fingerprint density at radius 1 is 1.17 bits per heavy atom. The molecule has 1 N–H and O–H groups in total. The second-order valence-corrected chi connectivity index (χ2v) is 5.90. The second kappa shape index (κ2) is 8.49. The number of nitrogens with one attached hydrogen (secondary N) is 1. The van der Waals surface area contributed by atoms with Crippen LogP contribution in [-0.4, -0.2) is 25.1 Å². The van der Waals surface area contributed by atoms with Crippen LogP contribution < -0.4 is 10.1 Å². The summed E-state index contributed by atoms with van der Waals surface area (Å²) in [6.07, 6.45) is 0. The molecule has 0 radical (unpaired) electrons. The number of hydrogen-bond acceptors (Lipinski definition) is 4. The summed E-state index contributed by atoms with van der Waals surface area (Å²) in [7, 11) is 0. The van der Waals surface area contributed by atoms with Gasteiger partial charge in [-0.05, 0) is 55.8 Å². The number of anilines is 1. The van der Waals surface area contributed by atoms with E-state index in [1.807, 2.05) is 19.1 Å². The first-order chi connectivity index (χ1) is 11.5. The number of rotatable bonds is 6. The predicted molar refractivity (Wildman–Crippen MR) is 95.4 cm³/mol. The highest BCUT2D eigenvalue weighted by Crippen LogP contribution is 2.21. The van der Waals surface area contributed by atoms with Crippen LogP contribution in [0.5, 0.6) is 5.75 Å². The second-order valence-electron chi connectivity index (χ2n) is 5.05. The van der Waals surface area contributed by atoms with Crippen LogP contribution in [0.2, 0.25) is 0 Å². The Bertz CT molecular complexity index is 746. The van der Waals surface area contributed by atoms with Gasteiger partial charge in [0.25, 0.3) is 5.91 Å². The minimum atomic E-state index is -0.421. The van der Waals surface area contributed by atoms with Gasteiger partial charge >= 0.3 is 5.97 Å². The summed E-state index contributed by atoms with van der Waals surface area (Å²) in [6.45, 7) is 3.86. The van der Waals surface area contributed by atoms with Crippen molar-refractivity contribution in [2.75, 3.05) is 18.5 Å². The Kier molecular flexibility index (Phi) is 6.37. The van der Waals surface area contributed by atoms with Gasteiger partial charge in [0.05, 0.1) is 12.2 Å². The molecule has 126 valence electrons. The maximum atomic E-state index is 12.0. The number of esters is 1. The Morgan fingerprint density at radius 3 is 2.67 bits per heavy atom. The van der Waals surface area contributed by atoms with Gasteiger partial charge in [0.15, 0.2) is 6.61 Å². The van der Waals surface area contributed by atoms with E-state index in [4.69, 9.17) is 9.47 Å². The molecule has 0 aliphatic carbocycles. The molecule has 0 aromatic heterocycles. The number of benzene rings is 2. The quantitative estimate of drug-likeness (QED) is 0.757. The van der Waals surface area contributed by atoms with Gasteiger partial charge in [-0.3, -0.25) is 4.79 Å². The summed E-state index contributed by atoms with van der Waals surface area (Å²) >= 11 is 3.41. The number of carbonyl (C=O) groups is 2. The van der Waals surface area contributed by atoms with E-state index in [2.05, 4.69) is 21.2 Å². The van der Waals surface area contributed by atoms with Gasteiger partial charge in [-0.15, -0.1) is 0 Å². The highest BCUT2D eigenvalue weighted by molar-refractivity contribution is 9.10. The Hall–Kier alpha value is -2.34. The largest absolute Gasteiger partial charge is 0.484 e. The van der Waals surface area contributed by atoms with Gasteiger partial charge in [-0.25, -0.2) is 4.79 Å². The van der Waals surface area contributed by atoms with Gasteiger partial charge in [0.1, 0.15) is 5.75 Å². The SMILES string of the molecule is CCOC(=O)c1cccc(NC(=O)COc2ccc(Br)c(C)c2)c1. The summed E-state index contributed by atoms with van der Waals surface area (Å²) in [5.41, 5.74) is 1.93. The van der Waals surface area contributed by atoms with Crippen molar-refractivity contribution < 1.29 is 19.1 Å². The van der Waals surface area contributed by atoms with E-state index in [0.717, 1.165) is 10.0 Å². The molecule has 0 atom stereocenters. The molecule has 2 aromatic carbocycles. The highest BCUT2D eigenvalue weighted by atomic mass is 79.9. The Labute approximate surface area is 149 Å². The molecule has 0 saturated carbocycles. The van der Waals surface area contributed by atoms with Gasteiger partial charge < -0.3 is 14.8 Å². The smallest absolute Gasteiger partial charge is 0.338 e. The molecule has 0 aliphatic heterocycles. The minimum Gasteiger partial charge on any atom is -0.484 e. The summed E-state index contributed by atoms with van der Waals surface area (Å²) in [5, 5.41) is 2.69. The third-order valence-corrected chi connectivity index (χ3v) is 4.05. The molecular weight excluding hydrogens is 374 g/mol. The lowest BCUT2D eigenvalue weighted by Gasteiger charge is -2.09. The van der Waals surface area contributed by atoms with Crippen molar-refractivity contribution in [1.82, 2.24) is 0 Å². The first-order valence-corrected chi connectivity index (χ1v) is 8.25. The van der Waals surface area contributed by atoms with E-state index in [1.54, 1.807) is 37.3 Å². The molecule has 2 aromatic rings. The van der Waals surface area contributed by atoms with Gasteiger partial charge in [-0.2, -0.15) is 0 Å². The van der Waals surface area contributed by atoms with E-state index >= 15 is 0 Å². The monoisotopic (exact) mass is 391 g/mol. The van der Waals surface area contributed by atoms with Crippen LogP contribution in [0.1, 0.15) is 22.8 Å². The van der Waals surface area contributed by atoms with Crippen molar-refractivity contribution in [3.8, 4) is 5.75 Å². The molecule has 0 heterocycles. The van der Waals surface area contributed by atoms with Crippen LogP contribution in [0.4, 0.5) is 5.69 Å². The van der Waals surface area contributed by atoms with Gasteiger partial charge in [0, 0.05) is 10.2 Å². The molecular formula is C18H18BrNO4. The number of carbonyl (C=O) groups excluding carboxylic acids is 2. The number of hydrogen-bond donors (Lipinski definition) is 1. The number of amides is 1. The van der Waals surface area contributed by atoms with E-state index in [1.165, 1.54) is 0 Å². The fourth-order valence-electron chi connectivity index (χ4n) is 1.99. The van der Waals surface area contributed by atoms with Crippen LogP contribution >= 0.6 is 15.9 Å². The summed E-state index contributed by atoms with van der Waals surface area (Å²) in [4.78, 5) is 23.7. The van der Waals surface area contributed by atoms with Crippen LogP contribution in [-0.2, 0) is 9.53 Å². The molecule has 24 heavy (non-hydrogen) atoms. The maximum Gasteiger partial charge on any atom is 0.338 e. The zero-order valence-electron chi connectivity index (χ0n) is 13.5. The van der Waals surface area contributed by atoms with E-state index < -0.39 is 5.97 Å². The third-order valence-electron chi connectivity index (χ3n) is 3.16. The van der Waals surface area contributed by atoms with Gasteiger partial charge in [0.2, 0.25) is 0 Å². The standard InChI is InChI=1S/C18H18BrNO4/c1-3-23-18(22)13-5-4-6-14(10-13)20-17(21)11-24-15-7-8-16(19)12(2)9-15/h4-10H,3,11H2,1-2H3,(H,20,21). The minimum absolute atomic E-state index is 0.120. The first-order valence-electron chi connectivity index (χ1n) is 7.45. The molecule has 0 aliphatic rings. The normalized spacial score (nSPS) is 10.1. The summed E-state index contributed by atoms with van der Waals surface area (Å²) in [5.74, 6) is -0.113. The molecule has 5 nitrogen and oxygen atoms in total. The Morgan fingerprint density at radius 2 is 1.96 bits per heavy atom. The molecule has 1 amide bonds. The van der Waals surface area contributed by atoms with E-state index in [0.29, 0.717) is 23.6 Å².